The zero-order valence-corrected chi connectivity index (χ0v) is 21.3. The van der Waals surface area contributed by atoms with E-state index in [1.54, 1.807) is 49.2 Å². The molecule has 36 heavy (non-hydrogen) atoms. The van der Waals surface area contributed by atoms with E-state index in [9.17, 15) is 18.0 Å². The second-order valence-electron chi connectivity index (χ2n) is 8.79. The molecule has 0 unspecified atom stereocenters. The second-order valence-corrected chi connectivity index (χ2v) is 11.1. The summed E-state index contributed by atoms with van der Waals surface area (Å²) in [4.78, 5) is 29.3. The lowest BCUT2D eigenvalue weighted by atomic mass is 10.1. The molecule has 0 radical (unpaired) electrons. The number of amides is 1. The molecule has 4 aromatic rings. The average molecular weight is 526 g/mol. The van der Waals surface area contributed by atoms with Gasteiger partial charge in [-0.05, 0) is 42.8 Å². The first kappa shape index (κ1) is 24.2. The van der Waals surface area contributed by atoms with Crippen LogP contribution in [0.2, 0.25) is 5.02 Å². The molecule has 1 fully saturated rings. The quantitative estimate of drug-likeness (QED) is 0.431. The number of carbonyl (C=O) groups excluding carboxylic acids is 1. The van der Waals surface area contributed by atoms with Crippen LogP contribution in [0.25, 0.3) is 22.2 Å². The number of hydrogen-bond acceptors (Lipinski definition) is 5. The third-order valence-corrected chi connectivity index (χ3v) is 8.55. The average Bonchev–Trinajstić information content (AvgIpc) is 3.28. The number of halogens is 1. The van der Waals surface area contributed by atoms with E-state index in [0.29, 0.717) is 28.2 Å². The summed E-state index contributed by atoms with van der Waals surface area (Å²) in [5.74, 6) is -0.257. The molecule has 0 spiro atoms. The van der Waals surface area contributed by atoms with E-state index >= 15 is 0 Å². The summed E-state index contributed by atoms with van der Waals surface area (Å²) in [6.45, 7) is 2.44. The number of piperazine rings is 1. The highest BCUT2D eigenvalue weighted by Gasteiger charge is 2.39. The van der Waals surface area contributed by atoms with Crippen LogP contribution in [0.1, 0.15) is 12.5 Å². The van der Waals surface area contributed by atoms with Gasteiger partial charge in [-0.2, -0.15) is 9.40 Å². The van der Waals surface area contributed by atoms with Gasteiger partial charge in [-0.3, -0.25) is 9.59 Å². The van der Waals surface area contributed by atoms with Crippen LogP contribution >= 0.6 is 11.6 Å². The first-order valence-electron chi connectivity index (χ1n) is 11.4. The van der Waals surface area contributed by atoms with Crippen LogP contribution < -0.4 is 5.56 Å². The molecular weight excluding hydrogens is 502 g/mol. The van der Waals surface area contributed by atoms with Gasteiger partial charge in [0.05, 0.1) is 5.69 Å². The van der Waals surface area contributed by atoms with Crippen molar-refractivity contribution in [3.05, 3.63) is 81.6 Å². The van der Waals surface area contributed by atoms with Gasteiger partial charge in [-0.1, -0.05) is 35.9 Å². The first-order chi connectivity index (χ1) is 17.1. The molecular formula is C25H24ClN5O4S. The third-order valence-electron chi connectivity index (χ3n) is 6.42. The van der Waals surface area contributed by atoms with E-state index in [4.69, 9.17) is 11.6 Å². The molecule has 1 aliphatic rings. The smallest absolute Gasteiger partial charge is 0.266 e. The SMILES string of the molecule is C[C@H]1C(=O)N(Cc2ccc(-c3ccc(=O)n(C)n3)cc2)CCN1S(=O)(=O)c1cc2cc(Cl)ccc2[nH]1. The van der Waals surface area contributed by atoms with Crippen LogP contribution in [0.5, 0.6) is 0 Å². The van der Waals surface area contributed by atoms with Crippen LogP contribution in [0.15, 0.2) is 70.5 Å². The Hall–Kier alpha value is -3.47. The molecule has 1 amide bonds. The fourth-order valence-electron chi connectivity index (χ4n) is 4.40. The molecule has 1 N–H and O–H groups in total. The lowest BCUT2D eigenvalue weighted by molar-refractivity contribution is -0.138. The van der Waals surface area contributed by atoms with E-state index in [2.05, 4.69) is 10.1 Å². The number of sulfonamides is 1. The predicted octanol–water partition coefficient (Wildman–Crippen LogP) is 3.00. The van der Waals surface area contributed by atoms with E-state index < -0.39 is 16.1 Å². The number of aryl methyl sites for hydroxylation is 1. The number of carbonyl (C=O) groups is 1. The number of aromatic amines is 1. The molecule has 3 heterocycles. The van der Waals surface area contributed by atoms with Crippen molar-refractivity contribution in [3.8, 4) is 11.3 Å². The zero-order valence-electron chi connectivity index (χ0n) is 19.7. The standard InChI is InChI=1S/C25H24ClN5O4S/c1-16-25(33)30(15-17-3-5-18(6-4-17)22-9-10-24(32)29(2)28-22)11-12-31(16)36(34,35)23-14-19-13-20(26)7-8-21(19)27-23/h3-10,13-14,16,27H,11-12,15H2,1-2H3/t16-/m0/s1. The molecule has 5 rings (SSSR count). The molecule has 0 bridgehead atoms. The fraction of sp³-hybridized carbons (Fsp3) is 0.240. The van der Waals surface area contributed by atoms with Crippen molar-refractivity contribution >= 4 is 38.4 Å². The monoisotopic (exact) mass is 525 g/mol. The minimum Gasteiger partial charge on any atom is -0.345 e. The number of hydrogen-bond donors (Lipinski definition) is 1. The molecule has 2 aromatic carbocycles. The van der Waals surface area contributed by atoms with Crippen LogP contribution in [0, 0.1) is 0 Å². The molecule has 0 saturated carbocycles. The maximum atomic E-state index is 13.3. The largest absolute Gasteiger partial charge is 0.345 e. The second kappa shape index (κ2) is 9.20. The van der Waals surface area contributed by atoms with E-state index in [-0.39, 0.29) is 29.6 Å². The molecule has 0 aliphatic carbocycles. The van der Waals surface area contributed by atoms with Gasteiger partial charge in [-0.25, -0.2) is 13.1 Å². The summed E-state index contributed by atoms with van der Waals surface area (Å²) >= 11 is 6.03. The van der Waals surface area contributed by atoms with Gasteiger partial charge in [0.15, 0.2) is 0 Å². The minimum absolute atomic E-state index is 0.0375. The molecule has 9 nitrogen and oxygen atoms in total. The molecule has 11 heteroatoms. The van der Waals surface area contributed by atoms with Crippen molar-refractivity contribution in [2.45, 2.75) is 24.5 Å². The highest BCUT2D eigenvalue weighted by atomic mass is 35.5. The highest BCUT2D eigenvalue weighted by Crippen LogP contribution is 2.27. The van der Waals surface area contributed by atoms with Crippen LogP contribution in [0.4, 0.5) is 0 Å². The van der Waals surface area contributed by atoms with Crippen LogP contribution in [0.3, 0.4) is 0 Å². The summed E-state index contributed by atoms with van der Waals surface area (Å²) in [5.41, 5.74) is 2.91. The van der Waals surface area contributed by atoms with E-state index in [0.717, 1.165) is 11.1 Å². The molecule has 186 valence electrons. The number of nitrogens with one attached hydrogen (secondary N) is 1. The summed E-state index contributed by atoms with van der Waals surface area (Å²) < 4.78 is 29.2. The summed E-state index contributed by atoms with van der Waals surface area (Å²) in [7, 11) is -2.30. The van der Waals surface area contributed by atoms with Crippen molar-refractivity contribution in [2.75, 3.05) is 13.1 Å². The Bertz CT molecular complexity index is 1630. The molecule has 1 atom stereocenters. The Morgan fingerprint density at radius 2 is 1.78 bits per heavy atom. The van der Waals surface area contributed by atoms with Crippen molar-refractivity contribution < 1.29 is 13.2 Å². The van der Waals surface area contributed by atoms with Gasteiger partial charge in [0.25, 0.3) is 15.6 Å². The van der Waals surface area contributed by atoms with Crippen molar-refractivity contribution in [2.24, 2.45) is 7.05 Å². The van der Waals surface area contributed by atoms with Crippen LogP contribution in [-0.4, -0.2) is 57.4 Å². The lowest BCUT2D eigenvalue weighted by Crippen LogP contribution is -2.57. The van der Waals surface area contributed by atoms with Gasteiger partial charge in [-0.15, -0.1) is 0 Å². The van der Waals surface area contributed by atoms with Crippen LogP contribution in [-0.2, 0) is 28.4 Å². The molecule has 1 saturated heterocycles. The Morgan fingerprint density at radius 1 is 1.03 bits per heavy atom. The van der Waals surface area contributed by atoms with Gasteiger partial charge in [0, 0.05) is 54.2 Å². The first-order valence-corrected chi connectivity index (χ1v) is 13.2. The van der Waals surface area contributed by atoms with E-state index in [1.165, 1.54) is 15.1 Å². The minimum atomic E-state index is -3.90. The number of fused-ring (bicyclic) bond motifs is 1. The maximum Gasteiger partial charge on any atom is 0.266 e. The van der Waals surface area contributed by atoms with Gasteiger partial charge in [0.2, 0.25) is 5.91 Å². The fourth-order valence-corrected chi connectivity index (χ4v) is 6.17. The number of H-pyrrole nitrogens is 1. The lowest BCUT2D eigenvalue weighted by Gasteiger charge is -2.38. The highest BCUT2D eigenvalue weighted by molar-refractivity contribution is 7.89. The van der Waals surface area contributed by atoms with Gasteiger partial charge in [0.1, 0.15) is 11.1 Å². The molecule has 2 aromatic heterocycles. The summed E-state index contributed by atoms with van der Waals surface area (Å²) in [6, 6.07) is 16.5. The van der Waals surface area contributed by atoms with Crippen molar-refractivity contribution in [1.82, 2.24) is 24.0 Å². The maximum absolute atomic E-state index is 13.3. The van der Waals surface area contributed by atoms with E-state index in [1.807, 2.05) is 24.3 Å². The summed E-state index contributed by atoms with van der Waals surface area (Å²) in [5, 5.41) is 5.50. The number of benzene rings is 2. The Labute approximate surface area is 213 Å². The number of rotatable bonds is 5. The predicted molar refractivity (Wildman–Crippen MR) is 137 cm³/mol. The van der Waals surface area contributed by atoms with Gasteiger partial charge >= 0.3 is 0 Å². The Balaban J connectivity index is 1.30. The normalized spacial score (nSPS) is 17.1. The zero-order chi connectivity index (χ0) is 25.6. The van der Waals surface area contributed by atoms with Crippen molar-refractivity contribution in [1.29, 1.82) is 0 Å². The topological polar surface area (TPSA) is 108 Å². The number of aromatic nitrogens is 3. The van der Waals surface area contributed by atoms with Crippen molar-refractivity contribution in [3.63, 3.8) is 0 Å². The molecule has 1 aliphatic heterocycles. The summed E-state index contributed by atoms with van der Waals surface area (Å²) in [6.07, 6.45) is 0. The van der Waals surface area contributed by atoms with Gasteiger partial charge < -0.3 is 9.88 Å². The number of nitrogens with zero attached hydrogens (tertiary/aromatic N) is 4. The Morgan fingerprint density at radius 3 is 2.50 bits per heavy atom. The third kappa shape index (κ3) is 4.43. The Kier molecular flexibility index (Phi) is 6.19.